The minimum absolute atomic E-state index is 0.155. The maximum absolute atomic E-state index is 13.1. The fraction of sp³-hybridized carbons (Fsp3) is 0.250. The van der Waals surface area contributed by atoms with Gasteiger partial charge >= 0.3 is 0 Å². The monoisotopic (exact) mass is 219 g/mol. The molecule has 3 nitrogen and oxygen atoms in total. The molecule has 2 rings (SSSR count). The minimum Gasteiger partial charge on any atom is -0.396 e. The van der Waals surface area contributed by atoms with Gasteiger partial charge in [0, 0.05) is 11.4 Å². The predicted octanol–water partition coefficient (Wildman–Crippen LogP) is 2.52. The van der Waals surface area contributed by atoms with Crippen molar-refractivity contribution in [2.45, 2.75) is 20.8 Å². The predicted molar refractivity (Wildman–Crippen MR) is 62.1 cm³/mol. The van der Waals surface area contributed by atoms with E-state index >= 15 is 0 Å². The topological polar surface area (TPSA) is 43.8 Å². The van der Waals surface area contributed by atoms with Crippen LogP contribution in [0.15, 0.2) is 18.2 Å². The number of nitrogens with zero attached hydrogens (tertiary/aromatic N) is 2. The summed E-state index contributed by atoms with van der Waals surface area (Å²) in [4.78, 5) is 4.37. The molecule has 0 fully saturated rings. The molecule has 2 aromatic rings. The summed E-state index contributed by atoms with van der Waals surface area (Å²) >= 11 is 0. The summed E-state index contributed by atoms with van der Waals surface area (Å²) in [6.45, 7) is 5.85. The summed E-state index contributed by atoms with van der Waals surface area (Å²) in [5.74, 6) is 0.483. The molecular weight excluding hydrogens is 205 g/mol. The minimum atomic E-state index is -0.393. The Balaban J connectivity index is 2.63. The Bertz CT molecular complexity index is 543. The van der Waals surface area contributed by atoms with Gasteiger partial charge in [-0.3, -0.25) is 0 Å². The highest BCUT2D eigenvalue weighted by atomic mass is 19.1. The Morgan fingerprint density at radius 3 is 2.44 bits per heavy atom. The van der Waals surface area contributed by atoms with Gasteiger partial charge < -0.3 is 10.3 Å². The average molecular weight is 219 g/mol. The molecular formula is C12H14FN3. The fourth-order valence-electron chi connectivity index (χ4n) is 1.83. The van der Waals surface area contributed by atoms with Crippen LogP contribution < -0.4 is 5.73 Å². The van der Waals surface area contributed by atoms with Crippen LogP contribution in [0.3, 0.4) is 0 Å². The van der Waals surface area contributed by atoms with Crippen LogP contribution in [-0.4, -0.2) is 9.55 Å². The molecule has 1 aromatic heterocycles. The van der Waals surface area contributed by atoms with E-state index in [-0.39, 0.29) is 5.69 Å². The largest absolute Gasteiger partial charge is 0.396 e. The van der Waals surface area contributed by atoms with E-state index in [2.05, 4.69) is 4.98 Å². The third kappa shape index (κ3) is 1.56. The number of aryl methyl sites for hydroxylation is 2. The van der Waals surface area contributed by atoms with E-state index in [4.69, 9.17) is 5.73 Å². The van der Waals surface area contributed by atoms with Crippen molar-refractivity contribution in [1.29, 1.82) is 0 Å². The number of anilines is 1. The van der Waals surface area contributed by atoms with Crippen LogP contribution in [-0.2, 0) is 0 Å². The number of halogens is 1. The van der Waals surface area contributed by atoms with Gasteiger partial charge in [0.25, 0.3) is 0 Å². The first-order valence-electron chi connectivity index (χ1n) is 5.08. The highest BCUT2D eigenvalue weighted by Crippen LogP contribution is 2.20. The smallest absolute Gasteiger partial charge is 0.146 e. The molecule has 0 aliphatic rings. The molecule has 0 saturated heterocycles. The maximum Gasteiger partial charge on any atom is 0.146 e. The van der Waals surface area contributed by atoms with Gasteiger partial charge in [-0.2, -0.15) is 0 Å². The highest BCUT2D eigenvalue weighted by molar-refractivity contribution is 5.50. The summed E-state index contributed by atoms with van der Waals surface area (Å²) < 4.78 is 15.0. The molecule has 0 saturated carbocycles. The Labute approximate surface area is 93.7 Å². The van der Waals surface area contributed by atoms with Crippen molar-refractivity contribution in [3.05, 3.63) is 41.2 Å². The second-order valence-electron chi connectivity index (χ2n) is 3.87. The average Bonchev–Trinajstić information content (AvgIpc) is 2.47. The van der Waals surface area contributed by atoms with Gasteiger partial charge in [0.15, 0.2) is 0 Å². The van der Waals surface area contributed by atoms with Crippen molar-refractivity contribution in [2.75, 3.05) is 5.73 Å². The molecule has 0 bridgehead atoms. The van der Waals surface area contributed by atoms with Gasteiger partial charge in [0.2, 0.25) is 0 Å². The Morgan fingerprint density at radius 2 is 1.94 bits per heavy atom. The van der Waals surface area contributed by atoms with Crippen LogP contribution in [0.4, 0.5) is 10.1 Å². The third-order valence-corrected chi connectivity index (χ3v) is 2.75. The lowest BCUT2D eigenvalue weighted by Crippen LogP contribution is -2.01. The standard InChI is InChI=1S/C12H14FN3/c1-7-8(2)16(9(3)15-7)10-4-5-11(13)12(14)6-10/h4-6H,14H2,1-3H3. The molecule has 1 heterocycles. The Hall–Kier alpha value is -1.84. The summed E-state index contributed by atoms with van der Waals surface area (Å²) in [7, 11) is 0. The molecule has 0 spiro atoms. The number of imidazole rings is 1. The maximum atomic E-state index is 13.1. The molecule has 0 aliphatic heterocycles. The number of nitrogens with two attached hydrogens (primary N) is 1. The van der Waals surface area contributed by atoms with E-state index in [1.54, 1.807) is 12.1 Å². The summed E-state index contributed by atoms with van der Waals surface area (Å²) in [6, 6.07) is 4.70. The zero-order valence-electron chi connectivity index (χ0n) is 9.58. The molecule has 0 unspecified atom stereocenters. The molecule has 84 valence electrons. The van der Waals surface area contributed by atoms with E-state index < -0.39 is 5.82 Å². The van der Waals surface area contributed by atoms with Crippen LogP contribution >= 0.6 is 0 Å². The molecule has 0 radical (unpaired) electrons. The number of nitrogen functional groups attached to an aromatic ring is 1. The van der Waals surface area contributed by atoms with E-state index in [0.29, 0.717) is 0 Å². The van der Waals surface area contributed by atoms with Gasteiger partial charge in [-0.25, -0.2) is 9.37 Å². The number of benzene rings is 1. The lowest BCUT2D eigenvalue weighted by atomic mass is 10.2. The van der Waals surface area contributed by atoms with Crippen LogP contribution in [0.25, 0.3) is 5.69 Å². The first-order valence-corrected chi connectivity index (χ1v) is 5.08. The zero-order chi connectivity index (χ0) is 11.9. The zero-order valence-corrected chi connectivity index (χ0v) is 9.58. The normalized spacial score (nSPS) is 10.8. The Morgan fingerprint density at radius 1 is 1.25 bits per heavy atom. The van der Waals surface area contributed by atoms with Crippen molar-refractivity contribution in [3.8, 4) is 5.69 Å². The van der Waals surface area contributed by atoms with Crippen LogP contribution in [0.1, 0.15) is 17.2 Å². The lowest BCUT2D eigenvalue weighted by Gasteiger charge is -2.09. The number of hydrogen-bond donors (Lipinski definition) is 1. The van der Waals surface area contributed by atoms with Gasteiger partial charge in [0.05, 0.1) is 11.4 Å². The highest BCUT2D eigenvalue weighted by Gasteiger charge is 2.10. The van der Waals surface area contributed by atoms with Gasteiger partial charge in [-0.1, -0.05) is 0 Å². The second kappa shape index (κ2) is 3.63. The molecule has 0 amide bonds. The molecule has 0 aliphatic carbocycles. The van der Waals surface area contributed by atoms with Crippen LogP contribution in [0.2, 0.25) is 0 Å². The first kappa shape index (κ1) is 10.7. The van der Waals surface area contributed by atoms with E-state index in [0.717, 1.165) is 22.9 Å². The number of rotatable bonds is 1. The van der Waals surface area contributed by atoms with Gasteiger partial charge in [-0.05, 0) is 39.0 Å². The number of hydrogen-bond acceptors (Lipinski definition) is 2. The van der Waals surface area contributed by atoms with Crippen LogP contribution in [0, 0.1) is 26.6 Å². The summed E-state index contributed by atoms with van der Waals surface area (Å²) in [5.41, 5.74) is 8.57. The molecule has 0 atom stereocenters. The van der Waals surface area contributed by atoms with Gasteiger partial charge in [0.1, 0.15) is 11.6 Å². The van der Waals surface area contributed by atoms with Crippen molar-refractivity contribution >= 4 is 5.69 Å². The third-order valence-electron chi connectivity index (χ3n) is 2.75. The Kier molecular flexibility index (Phi) is 2.42. The van der Waals surface area contributed by atoms with Crippen LogP contribution in [0.5, 0.6) is 0 Å². The second-order valence-corrected chi connectivity index (χ2v) is 3.87. The van der Waals surface area contributed by atoms with Crippen molar-refractivity contribution < 1.29 is 4.39 Å². The van der Waals surface area contributed by atoms with Crippen molar-refractivity contribution in [1.82, 2.24) is 9.55 Å². The van der Waals surface area contributed by atoms with Crippen molar-refractivity contribution in [2.24, 2.45) is 0 Å². The molecule has 2 N–H and O–H groups in total. The van der Waals surface area contributed by atoms with E-state index in [1.165, 1.54) is 6.07 Å². The van der Waals surface area contributed by atoms with E-state index in [1.807, 2.05) is 25.3 Å². The summed E-state index contributed by atoms with van der Waals surface area (Å²) in [6.07, 6.45) is 0. The summed E-state index contributed by atoms with van der Waals surface area (Å²) in [5, 5.41) is 0. The van der Waals surface area contributed by atoms with Crippen molar-refractivity contribution in [3.63, 3.8) is 0 Å². The quantitative estimate of drug-likeness (QED) is 0.749. The van der Waals surface area contributed by atoms with Gasteiger partial charge in [-0.15, -0.1) is 0 Å². The number of aromatic nitrogens is 2. The molecule has 1 aromatic carbocycles. The SMILES string of the molecule is Cc1nc(C)n(-c2ccc(F)c(N)c2)c1C. The molecule has 16 heavy (non-hydrogen) atoms. The molecule has 4 heteroatoms. The van der Waals surface area contributed by atoms with E-state index in [9.17, 15) is 4.39 Å². The lowest BCUT2D eigenvalue weighted by molar-refractivity contribution is 0.632. The fourth-order valence-corrected chi connectivity index (χ4v) is 1.83. The first-order chi connectivity index (χ1) is 7.50.